The third kappa shape index (κ3) is 2.35. The van der Waals surface area contributed by atoms with Crippen molar-refractivity contribution >= 4 is 11.6 Å². The Kier molecular flexibility index (Phi) is 3.01. The van der Waals surface area contributed by atoms with Gasteiger partial charge in [-0.1, -0.05) is 17.7 Å². The van der Waals surface area contributed by atoms with Gasteiger partial charge in [-0.25, -0.2) is 9.37 Å². The Morgan fingerprint density at radius 3 is 2.63 bits per heavy atom. The molecule has 0 saturated heterocycles. The molecule has 0 spiro atoms. The Morgan fingerprint density at radius 1 is 1.05 bits per heavy atom. The number of nitrogens with one attached hydrogen (secondary N) is 1. The van der Waals surface area contributed by atoms with Gasteiger partial charge >= 0.3 is 0 Å². The highest BCUT2D eigenvalue weighted by Gasteiger charge is 2.08. The van der Waals surface area contributed by atoms with Crippen LogP contribution >= 0.6 is 11.6 Å². The number of nitrogens with zero attached hydrogens (tertiary/aromatic N) is 2. The fourth-order valence-corrected chi connectivity index (χ4v) is 2.09. The summed E-state index contributed by atoms with van der Waals surface area (Å²) in [5, 5.41) is 7.08. The maximum atomic E-state index is 13.0. The van der Waals surface area contributed by atoms with Crippen molar-refractivity contribution in [1.29, 1.82) is 0 Å². The summed E-state index contributed by atoms with van der Waals surface area (Å²) >= 11 is 6.04. The van der Waals surface area contributed by atoms with Gasteiger partial charge in [-0.2, -0.15) is 5.10 Å². The molecule has 0 unspecified atom stereocenters. The number of rotatable bonds is 2. The first-order valence-electron chi connectivity index (χ1n) is 5.66. The van der Waals surface area contributed by atoms with E-state index in [0.717, 1.165) is 11.4 Å². The van der Waals surface area contributed by atoms with E-state index in [1.165, 1.54) is 12.1 Å². The molecule has 2 heterocycles. The first-order chi connectivity index (χ1) is 9.24. The number of pyridine rings is 1. The van der Waals surface area contributed by atoms with E-state index in [0.29, 0.717) is 16.3 Å². The molecule has 1 N–H and O–H groups in total. The minimum atomic E-state index is -0.363. The van der Waals surface area contributed by atoms with Gasteiger partial charge in [-0.3, -0.25) is 5.10 Å². The third-order valence-electron chi connectivity index (χ3n) is 2.73. The lowest BCUT2D eigenvalue weighted by Gasteiger charge is -2.05. The predicted molar refractivity (Wildman–Crippen MR) is 72.2 cm³/mol. The van der Waals surface area contributed by atoms with Crippen molar-refractivity contribution < 1.29 is 4.39 Å². The van der Waals surface area contributed by atoms with Crippen LogP contribution in [0.5, 0.6) is 0 Å². The van der Waals surface area contributed by atoms with Gasteiger partial charge in [0.05, 0.1) is 22.1 Å². The summed E-state index contributed by atoms with van der Waals surface area (Å²) in [6, 6.07) is 11.7. The Morgan fingerprint density at radius 2 is 1.89 bits per heavy atom. The molecule has 3 nitrogen and oxygen atoms in total. The van der Waals surface area contributed by atoms with E-state index in [1.54, 1.807) is 12.3 Å². The molecule has 1 aromatic carbocycles. The molecule has 0 aliphatic heterocycles. The van der Waals surface area contributed by atoms with Gasteiger partial charge in [0.15, 0.2) is 0 Å². The van der Waals surface area contributed by atoms with Crippen molar-refractivity contribution in [2.45, 2.75) is 0 Å². The lowest BCUT2D eigenvalue weighted by atomic mass is 10.1. The van der Waals surface area contributed by atoms with Crippen LogP contribution in [0, 0.1) is 5.82 Å². The smallest absolute Gasteiger partial charge is 0.124 e. The number of hydrogen-bond donors (Lipinski definition) is 1. The monoisotopic (exact) mass is 273 g/mol. The van der Waals surface area contributed by atoms with Crippen molar-refractivity contribution in [2.75, 3.05) is 0 Å². The molecule has 2 aromatic heterocycles. The highest BCUT2D eigenvalue weighted by molar-refractivity contribution is 6.33. The number of benzene rings is 1. The molecule has 5 heteroatoms. The number of aromatic nitrogens is 3. The molecule has 0 saturated carbocycles. The second-order valence-electron chi connectivity index (χ2n) is 4.00. The van der Waals surface area contributed by atoms with E-state index in [4.69, 9.17) is 11.6 Å². The van der Waals surface area contributed by atoms with Crippen LogP contribution < -0.4 is 0 Å². The van der Waals surface area contributed by atoms with Crippen molar-refractivity contribution in [3.8, 4) is 22.6 Å². The summed E-state index contributed by atoms with van der Waals surface area (Å²) in [6.07, 6.45) is 1.66. The normalized spacial score (nSPS) is 10.6. The molecule has 0 amide bonds. The van der Waals surface area contributed by atoms with E-state index in [2.05, 4.69) is 15.2 Å². The van der Waals surface area contributed by atoms with Crippen molar-refractivity contribution in [3.63, 3.8) is 0 Å². The van der Waals surface area contributed by atoms with Crippen molar-refractivity contribution in [1.82, 2.24) is 15.2 Å². The van der Waals surface area contributed by atoms with Crippen molar-refractivity contribution in [2.24, 2.45) is 0 Å². The average molecular weight is 274 g/mol. The average Bonchev–Trinajstić information content (AvgIpc) is 2.93. The highest BCUT2D eigenvalue weighted by atomic mass is 35.5. The second-order valence-corrected chi connectivity index (χ2v) is 4.41. The van der Waals surface area contributed by atoms with Crippen LogP contribution in [-0.2, 0) is 0 Å². The van der Waals surface area contributed by atoms with Gasteiger partial charge in [-0.05, 0) is 36.4 Å². The fraction of sp³-hybridized carbons (Fsp3) is 0. The number of aromatic amines is 1. The predicted octanol–water partition coefficient (Wildman–Crippen LogP) is 3.93. The molecular formula is C14H9ClFN3. The molecule has 0 bridgehead atoms. The summed E-state index contributed by atoms with van der Waals surface area (Å²) in [6.45, 7) is 0. The molecule has 0 aliphatic rings. The van der Waals surface area contributed by atoms with E-state index in [-0.39, 0.29) is 5.82 Å². The minimum Gasteiger partial charge on any atom is -0.276 e. The largest absolute Gasteiger partial charge is 0.276 e. The molecule has 0 radical (unpaired) electrons. The van der Waals surface area contributed by atoms with Gasteiger partial charge in [0.2, 0.25) is 0 Å². The summed E-state index contributed by atoms with van der Waals surface area (Å²) in [4.78, 5) is 4.50. The second kappa shape index (κ2) is 4.82. The van der Waals surface area contributed by atoms with Crippen molar-refractivity contribution in [3.05, 3.63) is 59.5 Å². The third-order valence-corrected chi connectivity index (χ3v) is 3.05. The molecular weight excluding hydrogens is 265 g/mol. The maximum absolute atomic E-state index is 13.0. The number of H-pyrrole nitrogens is 1. The van der Waals surface area contributed by atoms with Gasteiger partial charge < -0.3 is 0 Å². The molecule has 0 fully saturated rings. The van der Waals surface area contributed by atoms with Crippen LogP contribution in [0.1, 0.15) is 0 Å². The zero-order valence-electron chi connectivity index (χ0n) is 9.77. The quantitative estimate of drug-likeness (QED) is 0.768. The Bertz CT molecular complexity index is 710. The first-order valence-corrected chi connectivity index (χ1v) is 6.04. The fourth-order valence-electron chi connectivity index (χ4n) is 1.83. The molecule has 3 rings (SSSR count). The summed E-state index contributed by atoms with van der Waals surface area (Å²) < 4.78 is 13.0. The van der Waals surface area contributed by atoms with Crippen LogP contribution in [0.3, 0.4) is 0 Å². The van der Waals surface area contributed by atoms with E-state index >= 15 is 0 Å². The Hall–Kier alpha value is -2.20. The number of hydrogen-bond acceptors (Lipinski definition) is 2. The van der Waals surface area contributed by atoms with Crippen LogP contribution in [0.25, 0.3) is 22.6 Å². The lowest BCUT2D eigenvalue weighted by Crippen LogP contribution is -1.89. The number of halogens is 2. The molecule has 0 atom stereocenters. The molecule has 3 aromatic rings. The topological polar surface area (TPSA) is 41.6 Å². The van der Waals surface area contributed by atoms with Crippen LogP contribution in [-0.4, -0.2) is 15.2 Å². The SMILES string of the molecule is Fc1ccc(-c2cccc(-c3ccn[nH]3)n2)c(Cl)c1. The Balaban J connectivity index is 2.08. The van der Waals surface area contributed by atoms with Crippen LogP contribution in [0.4, 0.5) is 4.39 Å². The van der Waals surface area contributed by atoms with Crippen LogP contribution in [0.2, 0.25) is 5.02 Å². The maximum Gasteiger partial charge on any atom is 0.124 e. The highest BCUT2D eigenvalue weighted by Crippen LogP contribution is 2.28. The van der Waals surface area contributed by atoms with Gasteiger partial charge in [-0.15, -0.1) is 0 Å². The molecule has 0 aliphatic carbocycles. The molecule has 94 valence electrons. The summed E-state index contributed by atoms with van der Waals surface area (Å²) in [7, 11) is 0. The minimum absolute atomic E-state index is 0.342. The van der Waals surface area contributed by atoms with Crippen LogP contribution in [0.15, 0.2) is 48.7 Å². The summed E-state index contributed by atoms with van der Waals surface area (Å²) in [5.41, 5.74) is 2.97. The Labute approximate surface area is 114 Å². The van der Waals surface area contributed by atoms with E-state index < -0.39 is 0 Å². The molecule has 19 heavy (non-hydrogen) atoms. The van der Waals surface area contributed by atoms with Gasteiger partial charge in [0, 0.05) is 11.8 Å². The van der Waals surface area contributed by atoms with Gasteiger partial charge in [0.25, 0.3) is 0 Å². The summed E-state index contributed by atoms with van der Waals surface area (Å²) in [5.74, 6) is -0.363. The zero-order chi connectivity index (χ0) is 13.2. The van der Waals surface area contributed by atoms with Gasteiger partial charge in [0.1, 0.15) is 5.82 Å². The standard InChI is InChI=1S/C14H9ClFN3/c15-11-8-9(16)4-5-10(11)12-2-1-3-13(18-12)14-6-7-17-19-14/h1-8H,(H,17,19). The zero-order valence-corrected chi connectivity index (χ0v) is 10.5. The lowest BCUT2D eigenvalue weighted by molar-refractivity contribution is 0.628. The van der Waals surface area contributed by atoms with E-state index in [9.17, 15) is 4.39 Å². The van der Waals surface area contributed by atoms with E-state index in [1.807, 2.05) is 24.3 Å². The first kappa shape index (κ1) is 11.9.